The zero-order chi connectivity index (χ0) is 12.1. The van der Waals surface area contributed by atoms with Crippen LogP contribution in [-0.4, -0.2) is 18.3 Å². The molecule has 0 bridgehead atoms. The van der Waals surface area contributed by atoms with Gasteiger partial charge in [-0.2, -0.15) is 0 Å². The van der Waals surface area contributed by atoms with Gasteiger partial charge in [0.2, 0.25) is 0 Å². The number of alkyl halides is 1. The Balaban J connectivity index is 2.66. The highest BCUT2D eigenvalue weighted by Crippen LogP contribution is 2.20. The monoisotopic (exact) mass is 279 g/mol. The SMILES string of the molecule is CC(CCl)CNC(=O)c1ccc(Cl)cc1Cl. The molecule has 0 spiro atoms. The van der Waals surface area contributed by atoms with E-state index < -0.39 is 0 Å². The molecule has 0 aliphatic rings. The topological polar surface area (TPSA) is 29.1 Å². The molecule has 1 aromatic rings. The molecule has 16 heavy (non-hydrogen) atoms. The second-order valence-electron chi connectivity index (χ2n) is 3.59. The van der Waals surface area contributed by atoms with E-state index in [1.807, 2.05) is 6.92 Å². The summed E-state index contributed by atoms with van der Waals surface area (Å²) >= 11 is 17.3. The zero-order valence-corrected chi connectivity index (χ0v) is 11.0. The third-order valence-corrected chi connectivity index (χ3v) is 3.12. The first-order chi connectivity index (χ1) is 7.54. The molecule has 0 heterocycles. The van der Waals surface area contributed by atoms with Crippen LogP contribution in [0.2, 0.25) is 10.0 Å². The maximum absolute atomic E-state index is 11.7. The molecule has 0 radical (unpaired) electrons. The van der Waals surface area contributed by atoms with Crippen molar-refractivity contribution < 1.29 is 4.79 Å². The number of hydrogen-bond donors (Lipinski definition) is 1. The number of carbonyl (C=O) groups excluding carboxylic acids is 1. The molecule has 1 atom stereocenters. The first kappa shape index (κ1) is 13.6. The fourth-order valence-corrected chi connectivity index (χ4v) is 1.69. The summed E-state index contributed by atoms with van der Waals surface area (Å²) in [6, 6.07) is 4.78. The molecule has 1 rings (SSSR count). The number of benzene rings is 1. The molecule has 1 unspecified atom stereocenters. The molecular formula is C11H12Cl3NO. The standard InChI is InChI=1S/C11H12Cl3NO/c1-7(5-12)6-15-11(16)9-3-2-8(13)4-10(9)14/h2-4,7H,5-6H2,1H3,(H,15,16). The number of rotatable bonds is 4. The molecule has 1 amide bonds. The first-order valence-electron chi connectivity index (χ1n) is 4.83. The average Bonchev–Trinajstić information content (AvgIpc) is 2.25. The molecule has 0 aliphatic heterocycles. The van der Waals surface area contributed by atoms with Crippen LogP contribution < -0.4 is 5.32 Å². The van der Waals surface area contributed by atoms with Gasteiger partial charge in [0.05, 0.1) is 10.6 Å². The van der Waals surface area contributed by atoms with Crippen LogP contribution in [0, 0.1) is 5.92 Å². The lowest BCUT2D eigenvalue weighted by molar-refractivity contribution is 0.0949. The van der Waals surface area contributed by atoms with Gasteiger partial charge in [0, 0.05) is 17.4 Å². The average molecular weight is 281 g/mol. The van der Waals surface area contributed by atoms with E-state index in [9.17, 15) is 4.79 Å². The second-order valence-corrected chi connectivity index (χ2v) is 4.75. The van der Waals surface area contributed by atoms with Crippen molar-refractivity contribution in [3.8, 4) is 0 Å². The lowest BCUT2D eigenvalue weighted by atomic mass is 10.2. The fraction of sp³-hybridized carbons (Fsp3) is 0.364. The number of halogens is 3. The number of nitrogens with one attached hydrogen (secondary N) is 1. The summed E-state index contributed by atoms with van der Waals surface area (Å²) in [5.41, 5.74) is 0.424. The highest BCUT2D eigenvalue weighted by atomic mass is 35.5. The summed E-state index contributed by atoms with van der Waals surface area (Å²) < 4.78 is 0. The first-order valence-corrected chi connectivity index (χ1v) is 6.13. The minimum atomic E-state index is -0.210. The van der Waals surface area contributed by atoms with Crippen LogP contribution in [0.3, 0.4) is 0 Å². The number of amides is 1. The summed E-state index contributed by atoms with van der Waals surface area (Å²) in [5, 5.41) is 3.62. The molecule has 0 saturated heterocycles. The molecule has 5 heteroatoms. The minimum Gasteiger partial charge on any atom is -0.352 e. The predicted octanol–water partition coefficient (Wildman–Crippen LogP) is 3.60. The van der Waals surface area contributed by atoms with E-state index in [4.69, 9.17) is 34.8 Å². The van der Waals surface area contributed by atoms with Gasteiger partial charge in [0.25, 0.3) is 5.91 Å². The van der Waals surface area contributed by atoms with Crippen LogP contribution in [-0.2, 0) is 0 Å². The van der Waals surface area contributed by atoms with Gasteiger partial charge in [0.1, 0.15) is 0 Å². The Labute approximate surface area is 110 Å². The van der Waals surface area contributed by atoms with E-state index in [2.05, 4.69) is 5.32 Å². The van der Waals surface area contributed by atoms with Gasteiger partial charge in [-0.25, -0.2) is 0 Å². The molecule has 2 nitrogen and oxygen atoms in total. The lowest BCUT2D eigenvalue weighted by Crippen LogP contribution is -2.29. The third kappa shape index (κ3) is 3.85. The van der Waals surface area contributed by atoms with E-state index in [1.165, 1.54) is 0 Å². The summed E-state index contributed by atoms with van der Waals surface area (Å²) in [4.78, 5) is 11.7. The molecule has 1 aromatic carbocycles. The van der Waals surface area contributed by atoms with Crippen LogP contribution in [0.15, 0.2) is 18.2 Å². The molecule has 0 fully saturated rings. The summed E-state index contributed by atoms with van der Waals surface area (Å²) in [5.74, 6) is 0.532. The van der Waals surface area contributed by atoms with Gasteiger partial charge < -0.3 is 5.32 Å². The maximum atomic E-state index is 11.7. The van der Waals surface area contributed by atoms with Crippen LogP contribution >= 0.6 is 34.8 Å². The summed E-state index contributed by atoms with van der Waals surface area (Å²) in [6.07, 6.45) is 0. The maximum Gasteiger partial charge on any atom is 0.252 e. The van der Waals surface area contributed by atoms with Crippen LogP contribution in [0.25, 0.3) is 0 Å². The molecule has 0 aliphatic carbocycles. The van der Waals surface area contributed by atoms with Crippen molar-refractivity contribution in [1.29, 1.82) is 0 Å². The van der Waals surface area contributed by atoms with Gasteiger partial charge in [-0.3, -0.25) is 4.79 Å². The Hall–Kier alpha value is -0.440. The van der Waals surface area contributed by atoms with Crippen molar-refractivity contribution in [2.24, 2.45) is 5.92 Å². The normalized spacial score (nSPS) is 12.2. The molecule has 0 aromatic heterocycles. The largest absolute Gasteiger partial charge is 0.352 e. The predicted molar refractivity (Wildman–Crippen MR) is 68.7 cm³/mol. The van der Waals surface area contributed by atoms with Crippen LogP contribution in [0.5, 0.6) is 0 Å². The molecule has 88 valence electrons. The van der Waals surface area contributed by atoms with E-state index in [-0.39, 0.29) is 11.8 Å². The van der Waals surface area contributed by atoms with Crippen LogP contribution in [0.4, 0.5) is 0 Å². The Morgan fingerprint density at radius 1 is 1.44 bits per heavy atom. The van der Waals surface area contributed by atoms with Crippen molar-refractivity contribution in [3.63, 3.8) is 0 Å². The van der Waals surface area contributed by atoms with Gasteiger partial charge in [0.15, 0.2) is 0 Å². The number of carbonyl (C=O) groups is 1. The van der Waals surface area contributed by atoms with Crippen LogP contribution in [0.1, 0.15) is 17.3 Å². The van der Waals surface area contributed by atoms with E-state index in [0.717, 1.165) is 0 Å². The Bertz CT molecular complexity index is 381. The van der Waals surface area contributed by atoms with Crippen molar-refractivity contribution in [1.82, 2.24) is 5.32 Å². The zero-order valence-electron chi connectivity index (χ0n) is 8.77. The van der Waals surface area contributed by atoms with Crippen molar-refractivity contribution in [2.45, 2.75) is 6.92 Å². The lowest BCUT2D eigenvalue weighted by Gasteiger charge is -2.10. The Morgan fingerprint density at radius 3 is 2.69 bits per heavy atom. The summed E-state index contributed by atoms with van der Waals surface area (Å²) in [6.45, 7) is 2.48. The molecule has 1 N–H and O–H groups in total. The van der Waals surface area contributed by atoms with E-state index >= 15 is 0 Å². The Morgan fingerprint density at radius 2 is 2.12 bits per heavy atom. The molecular weight excluding hydrogens is 268 g/mol. The van der Waals surface area contributed by atoms with Crippen molar-refractivity contribution >= 4 is 40.7 Å². The minimum absolute atomic E-state index is 0.210. The van der Waals surface area contributed by atoms with E-state index in [0.29, 0.717) is 28.0 Å². The number of hydrogen-bond acceptors (Lipinski definition) is 1. The fourth-order valence-electron chi connectivity index (χ4n) is 1.09. The molecule has 0 saturated carbocycles. The third-order valence-electron chi connectivity index (χ3n) is 2.05. The second kappa shape index (κ2) is 6.33. The highest BCUT2D eigenvalue weighted by molar-refractivity contribution is 6.36. The quantitative estimate of drug-likeness (QED) is 0.839. The van der Waals surface area contributed by atoms with Gasteiger partial charge in [-0.05, 0) is 24.1 Å². The van der Waals surface area contributed by atoms with Crippen molar-refractivity contribution in [2.75, 3.05) is 12.4 Å². The smallest absolute Gasteiger partial charge is 0.252 e. The van der Waals surface area contributed by atoms with Gasteiger partial charge in [-0.15, -0.1) is 11.6 Å². The van der Waals surface area contributed by atoms with Crippen molar-refractivity contribution in [3.05, 3.63) is 33.8 Å². The van der Waals surface area contributed by atoms with E-state index in [1.54, 1.807) is 18.2 Å². The highest BCUT2D eigenvalue weighted by Gasteiger charge is 2.11. The van der Waals surface area contributed by atoms with Gasteiger partial charge in [-0.1, -0.05) is 30.1 Å². The Kier molecular flexibility index (Phi) is 5.39. The summed E-state index contributed by atoms with van der Waals surface area (Å²) in [7, 11) is 0. The van der Waals surface area contributed by atoms with Gasteiger partial charge >= 0.3 is 0 Å².